The molecule has 16 nitrogen and oxygen atoms in total. The van der Waals surface area contributed by atoms with E-state index < -0.39 is 35.2 Å². The number of hydrogen-bond donors (Lipinski definition) is 6. The average Bonchev–Trinajstić information content (AvgIpc) is 3.32. The summed E-state index contributed by atoms with van der Waals surface area (Å²) in [4.78, 5) is 77.5. The topological polar surface area (TPSA) is 240 Å². The predicted molar refractivity (Wildman–Crippen MR) is 259 cm³/mol. The van der Waals surface area contributed by atoms with Crippen LogP contribution in [0.4, 0.5) is 5.69 Å². The van der Waals surface area contributed by atoms with Gasteiger partial charge in [-0.2, -0.15) is 0 Å². The molecule has 4 aromatic carbocycles. The van der Waals surface area contributed by atoms with Gasteiger partial charge in [-0.25, -0.2) is 19.0 Å². The van der Waals surface area contributed by atoms with Crippen molar-refractivity contribution in [3.05, 3.63) is 171 Å². The van der Waals surface area contributed by atoms with E-state index >= 15 is 0 Å². The molecular formula is C53H43N4O12+. The molecule has 8 rings (SSSR count). The van der Waals surface area contributed by atoms with Gasteiger partial charge in [-0.05, 0) is 77.9 Å². The maximum atomic E-state index is 13.3. The Morgan fingerprint density at radius 1 is 0.652 bits per heavy atom. The third kappa shape index (κ3) is 9.26. The number of amides is 2. The molecule has 0 unspecified atom stereocenters. The van der Waals surface area contributed by atoms with Crippen LogP contribution in [0.3, 0.4) is 0 Å². The van der Waals surface area contributed by atoms with Gasteiger partial charge in [0.2, 0.25) is 11.3 Å². The van der Waals surface area contributed by atoms with Gasteiger partial charge in [-0.3, -0.25) is 14.4 Å². The number of rotatable bonds is 13. The lowest BCUT2D eigenvalue weighted by Crippen LogP contribution is -2.23. The number of nitrogens with one attached hydrogen (secondary N) is 2. The van der Waals surface area contributed by atoms with E-state index in [-0.39, 0.29) is 63.6 Å². The zero-order valence-electron chi connectivity index (χ0n) is 37.5. The molecule has 2 aliphatic heterocycles. The fourth-order valence-electron chi connectivity index (χ4n) is 8.08. The van der Waals surface area contributed by atoms with Crippen molar-refractivity contribution in [2.75, 3.05) is 39.6 Å². The number of carboxylic acids is 3. The zero-order chi connectivity index (χ0) is 49.3. The largest absolute Gasteiger partial charge is 0.507 e. The Morgan fingerprint density at radius 3 is 1.94 bits per heavy atom. The third-order valence-corrected chi connectivity index (χ3v) is 11.5. The number of carbonyl (C=O) groups excluding carboxylic acids is 2. The fourth-order valence-corrected chi connectivity index (χ4v) is 8.08. The van der Waals surface area contributed by atoms with Crippen molar-refractivity contribution in [1.82, 2.24) is 15.2 Å². The van der Waals surface area contributed by atoms with E-state index in [2.05, 4.69) is 10.6 Å². The van der Waals surface area contributed by atoms with Gasteiger partial charge < -0.3 is 44.8 Å². The van der Waals surface area contributed by atoms with Crippen LogP contribution >= 0.6 is 0 Å². The first-order chi connectivity index (χ1) is 33.0. The average molecular weight is 928 g/mol. The van der Waals surface area contributed by atoms with E-state index in [1.165, 1.54) is 66.8 Å². The van der Waals surface area contributed by atoms with Crippen molar-refractivity contribution in [1.29, 1.82) is 0 Å². The van der Waals surface area contributed by atoms with Gasteiger partial charge in [0, 0.05) is 89.2 Å². The minimum Gasteiger partial charge on any atom is -0.507 e. The van der Waals surface area contributed by atoms with Crippen molar-refractivity contribution in [3.8, 4) is 50.7 Å². The SMILES string of the molecule is CN(C)c1ccc2c(-c3ccc(C(=O)NCC=CC=CC(=O)NCc4c(O)ccc5c(-c6ccc(C(=O)O)cc6C(=O)O)c6ccc(=O)cc-6oc45)cc3C(=O)O)c3ccc(=[N+](C)C)cc-3oc2c1. The van der Waals surface area contributed by atoms with Crippen molar-refractivity contribution < 1.29 is 53.2 Å². The highest BCUT2D eigenvalue weighted by Crippen LogP contribution is 2.45. The molecule has 0 bridgehead atoms. The second kappa shape index (κ2) is 18.9. The number of benzene rings is 6. The van der Waals surface area contributed by atoms with Crippen molar-refractivity contribution >= 4 is 57.3 Å². The molecule has 0 saturated carbocycles. The lowest BCUT2D eigenvalue weighted by Gasteiger charge is -2.19. The number of allylic oxidation sites excluding steroid dienone is 2. The Labute approximate surface area is 392 Å². The molecule has 0 aromatic heterocycles. The van der Waals surface area contributed by atoms with E-state index in [0.717, 1.165) is 17.1 Å². The second-order valence-electron chi connectivity index (χ2n) is 16.4. The highest BCUT2D eigenvalue weighted by molar-refractivity contribution is 6.11. The molecule has 0 fully saturated rings. The van der Waals surface area contributed by atoms with E-state index in [0.29, 0.717) is 49.9 Å². The first-order valence-electron chi connectivity index (χ1n) is 21.3. The summed E-state index contributed by atoms with van der Waals surface area (Å²) in [5, 5.41) is 48.3. The number of phenols is 1. The molecule has 16 heteroatoms. The number of carboxylic acid groups (broad SMARTS) is 3. The van der Waals surface area contributed by atoms with Crippen LogP contribution in [-0.4, -0.2) is 84.9 Å². The number of fused-ring (bicyclic) bond motifs is 4. The lowest BCUT2D eigenvalue weighted by molar-refractivity contribution is -0.116. The number of anilines is 1. The molecule has 2 aliphatic carbocycles. The standard InChI is InChI=1S/C53H42N4O12/c1-56(2)30-11-16-35-43(24-30)68-44-25-31(57(3)4)12-17-36(44)47(35)33-14-9-28(22-39(33)52(64)65)50(61)54-21-7-5-6-8-46(60)55-27-41-42(59)20-19-38-48(37-18-13-32(58)26-45(37)69-49(38)41)34-15-10-29(51(62)63)23-40(34)53(66)67/h5-20,22-26H,21,27H2,1-4H3,(H5-,54,55,58,59,60,61,62,63,64,65,66,67)/p+1. The summed E-state index contributed by atoms with van der Waals surface area (Å²) in [7, 11) is 7.65. The highest BCUT2D eigenvalue weighted by Gasteiger charge is 2.26. The smallest absolute Gasteiger partial charge is 0.336 e. The van der Waals surface area contributed by atoms with Crippen LogP contribution in [0.1, 0.15) is 47.0 Å². The van der Waals surface area contributed by atoms with Gasteiger partial charge in [-0.1, -0.05) is 30.4 Å². The van der Waals surface area contributed by atoms with Crippen LogP contribution in [-0.2, 0) is 11.3 Å². The van der Waals surface area contributed by atoms with Gasteiger partial charge in [0.1, 0.15) is 42.5 Å². The lowest BCUT2D eigenvalue weighted by atomic mass is 9.89. The van der Waals surface area contributed by atoms with Crippen LogP contribution in [0.15, 0.2) is 141 Å². The maximum Gasteiger partial charge on any atom is 0.336 e. The monoisotopic (exact) mass is 927 g/mol. The number of aromatic carboxylic acids is 3. The molecule has 69 heavy (non-hydrogen) atoms. The predicted octanol–water partition coefficient (Wildman–Crippen LogP) is 7.14. The number of hydrogen-bond acceptors (Lipinski definition) is 10. The molecule has 4 aliphatic rings. The summed E-state index contributed by atoms with van der Waals surface area (Å²) in [6.07, 6.45) is 5.72. The number of phenolic OH excluding ortho intramolecular Hbond substituents is 1. The minimum absolute atomic E-state index is 0.0300. The number of carbonyl (C=O) groups is 5. The van der Waals surface area contributed by atoms with Gasteiger partial charge in [0.15, 0.2) is 5.43 Å². The molecule has 2 amide bonds. The Bertz CT molecular complexity index is 3580. The van der Waals surface area contributed by atoms with E-state index in [9.17, 15) is 49.2 Å². The molecule has 0 saturated heterocycles. The van der Waals surface area contributed by atoms with Crippen LogP contribution < -0.4 is 30.9 Å². The maximum absolute atomic E-state index is 13.3. The molecule has 0 spiro atoms. The van der Waals surface area contributed by atoms with Crippen LogP contribution in [0.2, 0.25) is 0 Å². The summed E-state index contributed by atoms with van der Waals surface area (Å²) in [6, 6.07) is 26.4. The van der Waals surface area contributed by atoms with Gasteiger partial charge in [0.25, 0.3) is 5.91 Å². The summed E-state index contributed by atoms with van der Waals surface area (Å²) in [5.74, 6) is -4.70. The quantitative estimate of drug-likeness (QED) is 0.0292. The zero-order valence-corrected chi connectivity index (χ0v) is 37.5. The molecule has 0 radical (unpaired) electrons. The second-order valence-corrected chi connectivity index (χ2v) is 16.4. The van der Waals surface area contributed by atoms with Gasteiger partial charge in [-0.15, -0.1) is 0 Å². The van der Waals surface area contributed by atoms with Gasteiger partial charge >= 0.3 is 17.9 Å². The Balaban J connectivity index is 0.986. The summed E-state index contributed by atoms with van der Waals surface area (Å²) < 4.78 is 14.4. The van der Waals surface area contributed by atoms with Crippen molar-refractivity contribution in [2.24, 2.45) is 0 Å². The Morgan fingerprint density at radius 2 is 1.28 bits per heavy atom. The molecular weight excluding hydrogens is 885 g/mol. The van der Waals surface area contributed by atoms with E-state index in [4.69, 9.17) is 8.83 Å². The summed E-state index contributed by atoms with van der Waals surface area (Å²) in [5.41, 5.74) is 3.20. The fraction of sp³-hybridized carbons (Fsp3) is 0.113. The Hall–Kier alpha value is -9.31. The van der Waals surface area contributed by atoms with Crippen molar-refractivity contribution in [3.63, 3.8) is 0 Å². The molecule has 2 heterocycles. The van der Waals surface area contributed by atoms with E-state index in [1.807, 2.05) is 74.1 Å². The highest BCUT2D eigenvalue weighted by atomic mass is 16.4. The summed E-state index contributed by atoms with van der Waals surface area (Å²) in [6.45, 7) is -0.235. The molecule has 346 valence electrons. The molecule has 6 N–H and O–H groups in total. The number of nitrogens with zero attached hydrogens (tertiary/aromatic N) is 2. The molecule has 0 atom stereocenters. The van der Waals surface area contributed by atoms with Crippen molar-refractivity contribution in [2.45, 2.75) is 6.54 Å². The molecule has 4 aromatic rings. The summed E-state index contributed by atoms with van der Waals surface area (Å²) >= 11 is 0. The van der Waals surface area contributed by atoms with E-state index in [1.54, 1.807) is 18.2 Å². The minimum atomic E-state index is -1.40. The van der Waals surface area contributed by atoms with Crippen LogP contribution in [0.25, 0.3) is 66.8 Å². The third-order valence-electron chi connectivity index (χ3n) is 11.5. The number of aromatic hydroxyl groups is 1. The van der Waals surface area contributed by atoms with Crippen LogP contribution in [0, 0.1) is 0 Å². The Kier molecular flexibility index (Phi) is 12.7. The normalized spacial score (nSPS) is 11.5. The van der Waals surface area contributed by atoms with Gasteiger partial charge in [0.05, 0.1) is 34.9 Å². The first kappa shape index (κ1) is 46.2. The van der Waals surface area contributed by atoms with Crippen LogP contribution in [0.5, 0.6) is 5.75 Å². The first-order valence-corrected chi connectivity index (χ1v) is 21.3.